The largest absolute Gasteiger partial charge is 0.484 e. The van der Waals surface area contributed by atoms with Gasteiger partial charge in [0.25, 0.3) is 5.88 Å². The van der Waals surface area contributed by atoms with Crippen LogP contribution in [0.2, 0.25) is 0 Å². The predicted octanol–water partition coefficient (Wildman–Crippen LogP) is 0.182. The van der Waals surface area contributed by atoms with Gasteiger partial charge in [0.15, 0.2) is 11.6 Å². The molecule has 0 radical (unpaired) electrons. The van der Waals surface area contributed by atoms with Crippen molar-refractivity contribution >= 4 is 11.9 Å². The van der Waals surface area contributed by atoms with Gasteiger partial charge in [-0.2, -0.15) is 0 Å². The minimum Gasteiger partial charge on any atom is -0.484 e. The van der Waals surface area contributed by atoms with Crippen LogP contribution in [0.5, 0.6) is 11.6 Å². The standard InChI is InChI=1S/C13H16N4O4/c18-13-17(7-8-1-2-14-6-10(8)21-13)11-5-9-12(16-15-11)20-4-3-19-9/h5,8,10,14H,1-4,6-7H2. The molecule has 3 aliphatic rings. The normalized spacial score (nSPS) is 27.8. The second kappa shape index (κ2) is 5.03. The van der Waals surface area contributed by atoms with Crippen LogP contribution in [0.15, 0.2) is 6.07 Å². The minimum absolute atomic E-state index is 0.0485. The molecule has 2 atom stereocenters. The summed E-state index contributed by atoms with van der Waals surface area (Å²) < 4.78 is 16.3. The number of rotatable bonds is 1. The Morgan fingerprint density at radius 3 is 3.14 bits per heavy atom. The third kappa shape index (κ3) is 2.25. The first-order valence-electron chi connectivity index (χ1n) is 7.13. The number of nitrogens with zero attached hydrogens (tertiary/aromatic N) is 3. The van der Waals surface area contributed by atoms with Crippen molar-refractivity contribution in [1.29, 1.82) is 0 Å². The van der Waals surface area contributed by atoms with Crippen LogP contribution in [-0.4, -0.2) is 55.2 Å². The first-order chi connectivity index (χ1) is 10.3. The summed E-state index contributed by atoms with van der Waals surface area (Å²) in [4.78, 5) is 13.7. The van der Waals surface area contributed by atoms with Crippen molar-refractivity contribution < 1.29 is 19.0 Å². The maximum absolute atomic E-state index is 12.2. The van der Waals surface area contributed by atoms with Crippen molar-refractivity contribution in [2.45, 2.75) is 12.5 Å². The fraction of sp³-hybridized carbons (Fsp3) is 0.615. The summed E-state index contributed by atoms with van der Waals surface area (Å²) in [5, 5.41) is 11.3. The predicted molar refractivity (Wildman–Crippen MR) is 71.6 cm³/mol. The first-order valence-corrected chi connectivity index (χ1v) is 7.13. The molecule has 4 rings (SSSR count). The van der Waals surface area contributed by atoms with Gasteiger partial charge in [-0.05, 0) is 13.0 Å². The van der Waals surface area contributed by atoms with E-state index in [-0.39, 0.29) is 12.2 Å². The summed E-state index contributed by atoms with van der Waals surface area (Å²) in [6.07, 6.45) is 0.547. The first kappa shape index (κ1) is 12.6. The van der Waals surface area contributed by atoms with E-state index in [4.69, 9.17) is 14.2 Å². The Balaban J connectivity index is 1.59. The highest BCUT2D eigenvalue weighted by molar-refractivity contribution is 5.87. The van der Waals surface area contributed by atoms with E-state index in [9.17, 15) is 4.79 Å². The number of anilines is 1. The van der Waals surface area contributed by atoms with Gasteiger partial charge >= 0.3 is 6.09 Å². The number of hydrogen-bond donors (Lipinski definition) is 1. The van der Waals surface area contributed by atoms with Gasteiger partial charge in [-0.15, -0.1) is 10.2 Å². The molecule has 2 unspecified atom stereocenters. The molecule has 3 aliphatic heterocycles. The summed E-state index contributed by atoms with van der Waals surface area (Å²) in [5.41, 5.74) is 0. The SMILES string of the molecule is O=C1OC2CNCCC2CN1c1cc2c(nn1)OCCO2. The van der Waals surface area contributed by atoms with Crippen LogP contribution >= 0.6 is 0 Å². The highest BCUT2D eigenvalue weighted by Crippen LogP contribution is 2.32. The number of nitrogens with one attached hydrogen (secondary N) is 1. The summed E-state index contributed by atoms with van der Waals surface area (Å²) >= 11 is 0. The van der Waals surface area contributed by atoms with Gasteiger partial charge in [-0.3, -0.25) is 4.90 Å². The number of hydrogen-bond acceptors (Lipinski definition) is 7. The molecule has 8 heteroatoms. The zero-order chi connectivity index (χ0) is 14.2. The molecule has 0 spiro atoms. The monoisotopic (exact) mass is 292 g/mol. The number of aromatic nitrogens is 2. The lowest BCUT2D eigenvalue weighted by atomic mass is 9.93. The summed E-state index contributed by atoms with van der Waals surface area (Å²) in [6.45, 7) is 3.19. The molecule has 1 N–H and O–H groups in total. The van der Waals surface area contributed by atoms with Gasteiger partial charge in [-0.25, -0.2) is 4.79 Å². The Bertz CT molecular complexity index is 567. The zero-order valence-corrected chi connectivity index (χ0v) is 11.4. The fourth-order valence-corrected chi connectivity index (χ4v) is 2.90. The number of carbonyl (C=O) groups excluding carboxylic acids is 1. The van der Waals surface area contributed by atoms with Crippen molar-refractivity contribution in [1.82, 2.24) is 15.5 Å². The highest BCUT2D eigenvalue weighted by atomic mass is 16.6. The van der Waals surface area contributed by atoms with Crippen LogP contribution in [0.3, 0.4) is 0 Å². The van der Waals surface area contributed by atoms with Crippen molar-refractivity contribution in [2.75, 3.05) is 37.7 Å². The molecule has 4 heterocycles. The molecule has 8 nitrogen and oxygen atoms in total. The Hall–Kier alpha value is -2.09. The van der Waals surface area contributed by atoms with E-state index in [0.717, 1.165) is 19.5 Å². The second-order valence-corrected chi connectivity index (χ2v) is 5.35. The molecular weight excluding hydrogens is 276 g/mol. The van der Waals surface area contributed by atoms with Gasteiger partial charge in [0.1, 0.15) is 19.3 Å². The van der Waals surface area contributed by atoms with Crippen LogP contribution in [-0.2, 0) is 4.74 Å². The third-order valence-corrected chi connectivity index (χ3v) is 4.02. The van der Waals surface area contributed by atoms with E-state index < -0.39 is 0 Å². The van der Waals surface area contributed by atoms with Crippen LogP contribution in [0.4, 0.5) is 10.6 Å². The number of piperidine rings is 1. The van der Waals surface area contributed by atoms with E-state index in [1.807, 2.05) is 0 Å². The Morgan fingerprint density at radius 2 is 2.19 bits per heavy atom. The quantitative estimate of drug-likeness (QED) is 0.790. The lowest BCUT2D eigenvalue weighted by Gasteiger charge is -2.40. The molecule has 2 saturated heterocycles. The number of amides is 1. The summed E-state index contributed by atoms with van der Waals surface area (Å²) in [5.74, 6) is 1.65. The molecule has 21 heavy (non-hydrogen) atoms. The van der Waals surface area contributed by atoms with Gasteiger partial charge in [0.2, 0.25) is 0 Å². The Kier molecular flexibility index (Phi) is 3.03. The average Bonchev–Trinajstić information content (AvgIpc) is 2.54. The smallest absolute Gasteiger partial charge is 0.415 e. The molecule has 0 aromatic carbocycles. The Morgan fingerprint density at radius 1 is 1.29 bits per heavy atom. The topological polar surface area (TPSA) is 85.8 Å². The van der Waals surface area contributed by atoms with Gasteiger partial charge in [0, 0.05) is 25.1 Å². The lowest BCUT2D eigenvalue weighted by Crippen LogP contribution is -2.55. The van der Waals surface area contributed by atoms with Crippen molar-refractivity contribution in [3.05, 3.63) is 6.07 Å². The van der Waals surface area contributed by atoms with E-state index >= 15 is 0 Å². The van der Waals surface area contributed by atoms with Crippen LogP contribution < -0.4 is 19.7 Å². The van der Waals surface area contributed by atoms with Crippen LogP contribution in [0.1, 0.15) is 6.42 Å². The second-order valence-electron chi connectivity index (χ2n) is 5.35. The minimum atomic E-state index is -0.383. The van der Waals surface area contributed by atoms with Crippen molar-refractivity contribution in [3.8, 4) is 11.6 Å². The molecule has 1 amide bonds. The van der Waals surface area contributed by atoms with Crippen LogP contribution in [0.25, 0.3) is 0 Å². The molecular formula is C13H16N4O4. The van der Waals surface area contributed by atoms with E-state index in [0.29, 0.717) is 43.1 Å². The summed E-state index contributed by atoms with van der Waals surface area (Å²) in [7, 11) is 0. The van der Waals surface area contributed by atoms with E-state index in [1.165, 1.54) is 4.90 Å². The highest BCUT2D eigenvalue weighted by Gasteiger charge is 2.38. The summed E-state index contributed by atoms with van der Waals surface area (Å²) in [6, 6.07) is 1.68. The average molecular weight is 292 g/mol. The molecule has 0 saturated carbocycles. The molecule has 1 aromatic heterocycles. The third-order valence-electron chi connectivity index (χ3n) is 4.02. The molecule has 1 aromatic rings. The molecule has 2 fully saturated rings. The van der Waals surface area contributed by atoms with Crippen molar-refractivity contribution in [3.63, 3.8) is 0 Å². The number of carbonyl (C=O) groups is 1. The van der Waals surface area contributed by atoms with Crippen molar-refractivity contribution in [2.24, 2.45) is 5.92 Å². The van der Waals surface area contributed by atoms with Gasteiger partial charge in [0.05, 0.1) is 0 Å². The van der Waals surface area contributed by atoms with Gasteiger partial charge in [-0.1, -0.05) is 0 Å². The van der Waals surface area contributed by atoms with Gasteiger partial charge < -0.3 is 19.5 Å². The molecule has 112 valence electrons. The Labute approximate surface area is 121 Å². The fourth-order valence-electron chi connectivity index (χ4n) is 2.90. The van der Waals surface area contributed by atoms with Crippen LogP contribution in [0, 0.1) is 5.92 Å². The lowest BCUT2D eigenvalue weighted by molar-refractivity contribution is 0.0326. The maximum Gasteiger partial charge on any atom is 0.415 e. The maximum atomic E-state index is 12.2. The zero-order valence-electron chi connectivity index (χ0n) is 11.4. The van der Waals surface area contributed by atoms with E-state index in [2.05, 4.69) is 15.5 Å². The van der Waals surface area contributed by atoms with E-state index in [1.54, 1.807) is 6.07 Å². The molecule has 0 aliphatic carbocycles. The number of fused-ring (bicyclic) bond motifs is 2. The number of ether oxygens (including phenoxy) is 3. The molecule has 0 bridgehead atoms.